The van der Waals surface area contributed by atoms with Crippen LogP contribution in [0.4, 0.5) is 5.95 Å². The van der Waals surface area contributed by atoms with Gasteiger partial charge in [-0.2, -0.15) is 4.98 Å². The number of hydrogen-bond donors (Lipinski definition) is 1. The molecule has 2 bridgehead atoms. The zero-order valence-electron chi connectivity index (χ0n) is 15.5. The van der Waals surface area contributed by atoms with E-state index in [1.807, 2.05) is 30.9 Å². The highest BCUT2D eigenvalue weighted by Crippen LogP contribution is 2.32. The largest absolute Gasteiger partial charge is 0.338 e. The monoisotopic (exact) mass is 442 g/mol. The van der Waals surface area contributed by atoms with Crippen LogP contribution >= 0.6 is 15.9 Å². The number of likely N-dealkylation sites (tertiary alicyclic amines) is 1. The third-order valence-electron chi connectivity index (χ3n) is 5.75. The Kier molecular flexibility index (Phi) is 3.84. The number of aryl methyl sites for hydroxylation is 2. The topological polar surface area (TPSA) is 87.1 Å². The Hall–Kier alpha value is -2.68. The van der Waals surface area contributed by atoms with E-state index in [4.69, 9.17) is 0 Å². The second kappa shape index (κ2) is 6.16. The molecule has 1 aromatic carbocycles. The number of carbonyl (C=O) groups excluding carboxylic acids is 1. The maximum atomic E-state index is 12.7. The molecular weight excluding hydrogens is 424 g/mol. The van der Waals surface area contributed by atoms with E-state index in [-0.39, 0.29) is 17.6 Å². The van der Waals surface area contributed by atoms with Gasteiger partial charge in [0, 0.05) is 23.8 Å². The quantitative estimate of drug-likeness (QED) is 0.625. The van der Waals surface area contributed by atoms with Crippen molar-refractivity contribution in [3.05, 3.63) is 44.3 Å². The Balaban J connectivity index is 1.57. The van der Waals surface area contributed by atoms with E-state index < -0.39 is 0 Å². The number of aromatic nitrogens is 4. The van der Waals surface area contributed by atoms with Crippen LogP contribution in [0.15, 0.2) is 27.6 Å². The van der Waals surface area contributed by atoms with Crippen LogP contribution in [-0.2, 0) is 4.79 Å². The smallest absolute Gasteiger partial charge is 0.263 e. The lowest BCUT2D eigenvalue weighted by Crippen LogP contribution is -2.46. The van der Waals surface area contributed by atoms with E-state index in [0.717, 1.165) is 34.1 Å². The highest BCUT2D eigenvalue weighted by Gasteiger charge is 2.43. The number of hydrogen-bond acceptors (Lipinski definition) is 5. The van der Waals surface area contributed by atoms with Crippen LogP contribution in [0.3, 0.4) is 0 Å². The normalized spacial score (nSPS) is 21.1. The minimum atomic E-state index is -0.200. The fraction of sp³-hybridized carbons (Fsp3) is 0.368. The third-order valence-corrected chi connectivity index (χ3v) is 6.21. The van der Waals surface area contributed by atoms with Crippen LogP contribution in [-0.4, -0.2) is 56.2 Å². The zero-order chi connectivity index (χ0) is 19.6. The van der Waals surface area contributed by atoms with Crippen molar-refractivity contribution >= 4 is 39.3 Å². The van der Waals surface area contributed by atoms with E-state index in [0.29, 0.717) is 30.1 Å². The lowest BCUT2D eigenvalue weighted by atomic mass is 10.1. The van der Waals surface area contributed by atoms with Crippen LogP contribution in [0.1, 0.15) is 17.5 Å². The van der Waals surface area contributed by atoms with E-state index in [9.17, 15) is 9.59 Å². The standard InChI is InChI=1S/C19H19BrN6O2/c1-10-3-12(20)4-11(2)16(10)26-8-15-17(23-26)21-19(22-18(15)28)25-7-13-5-14(25)6-24(13)9-27/h3-4,8-9,13-14H,5-7H2,1-2H3,(H,21,22,23,28). The van der Waals surface area contributed by atoms with Crippen molar-refractivity contribution in [1.82, 2.24) is 24.6 Å². The molecule has 2 aromatic heterocycles. The highest BCUT2D eigenvalue weighted by atomic mass is 79.9. The minimum absolute atomic E-state index is 0.189. The summed E-state index contributed by atoms with van der Waals surface area (Å²) in [6, 6.07) is 4.43. The Morgan fingerprint density at radius 3 is 2.61 bits per heavy atom. The molecule has 1 N–H and O–H groups in total. The van der Waals surface area contributed by atoms with E-state index in [1.54, 1.807) is 10.9 Å². The molecule has 0 radical (unpaired) electrons. The van der Waals surface area contributed by atoms with Gasteiger partial charge in [-0.25, -0.2) is 4.68 Å². The molecule has 5 rings (SSSR count). The number of nitrogens with zero attached hydrogens (tertiary/aromatic N) is 5. The lowest BCUT2D eigenvalue weighted by Gasteiger charge is -2.32. The van der Waals surface area contributed by atoms with Crippen LogP contribution in [0.25, 0.3) is 16.7 Å². The van der Waals surface area contributed by atoms with E-state index >= 15 is 0 Å². The minimum Gasteiger partial charge on any atom is -0.338 e. The molecule has 4 heterocycles. The highest BCUT2D eigenvalue weighted by molar-refractivity contribution is 9.10. The Labute approximate surface area is 169 Å². The molecule has 28 heavy (non-hydrogen) atoms. The fourth-order valence-corrected chi connectivity index (χ4v) is 5.19. The number of rotatable bonds is 3. The molecule has 2 aliphatic rings. The van der Waals surface area contributed by atoms with Gasteiger partial charge in [0.15, 0.2) is 5.65 Å². The van der Waals surface area contributed by atoms with Crippen LogP contribution in [0, 0.1) is 13.8 Å². The van der Waals surface area contributed by atoms with Crippen molar-refractivity contribution in [2.24, 2.45) is 0 Å². The Morgan fingerprint density at radius 1 is 1.21 bits per heavy atom. The molecule has 0 aliphatic carbocycles. The summed E-state index contributed by atoms with van der Waals surface area (Å²) < 4.78 is 2.74. The van der Waals surface area contributed by atoms with Gasteiger partial charge >= 0.3 is 0 Å². The Morgan fingerprint density at radius 2 is 1.96 bits per heavy atom. The van der Waals surface area contributed by atoms with Crippen molar-refractivity contribution < 1.29 is 4.79 Å². The van der Waals surface area contributed by atoms with E-state index in [1.165, 1.54) is 0 Å². The van der Waals surface area contributed by atoms with Gasteiger partial charge in [0.1, 0.15) is 5.39 Å². The summed E-state index contributed by atoms with van der Waals surface area (Å²) >= 11 is 3.51. The van der Waals surface area contributed by atoms with Gasteiger partial charge in [0.2, 0.25) is 12.4 Å². The van der Waals surface area contributed by atoms with Crippen LogP contribution in [0.5, 0.6) is 0 Å². The number of H-pyrrole nitrogens is 1. The van der Waals surface area contributed by atoms with Gasteiger partial charge in [-0.1, -0.05) is 15.9 Å². The number of carbonyl (C=O) groups is 1. The van der Waals surface area contributed by atoms with Crippen molar-refractivity contribution in [3.8, 4) is 5.69 Å². The van der Waals surface area contributed by atoms with Gasteiger partial charge in [-0.3, -0.25) is 14.6 Å². The molecule has 8 nitrogen and oxygen atoms in total. The number of anilines is 1. The molecular formula is C19H19BrN6O2. The molecule has 0 spiro atoms. The van der Waals surface area contributed by atoms with Crippen molar-refractivity contribution in [1.29, 1.82) is 0 Å². The molecule has 2 unspecified atom stereocenters. The zero-order valence-corrected chi connectivity index (χ0v) is 17.1. The maximum absolute atomic E-state index is 12.7. The molecule has 9 heteroatoms. The second-order valence-electron chi connectivity index (χ2n) is 7.59. The first-order valence-corrected chi connectivity index (χ1v) is 9.98. The average molecular weight is 443 g/mol. The maximum Gasteiger partial charge on any atom is 0.263 e. The summed E-state index contributed by atoms with van der Waals surface area (Å²) in [5.41, 5.74) is 3.29. The molecule has 3 aromatic rings. The summed E-state index contributed by atoms with van der Waals surface area (Å²) in [4.78, 5) is 35.2. The fourth-order valence-electron chi connectivity index (χ4n) is 4.51. The van der Waals surface area contributed by atoms with Crippen LogP contribution < -0.4 is 10.5 Å². The van der Waals surface area contributed by atoms with Crippen molar-refractivity contribution in [2.75, 3.05) is 18.0 Å². The van der Waals surface area contributed by atoms with Gasteiger partial charge in [0.25, 0.3) is 5.56 Å². The summed E-state index contributed by atoms with van der Waals surface area (Å²) in [6.45, 7) is 5.38. The molecule has 2 fully saturated rings. The second-order valence-corrected chi connectivity index (χ2v) is 8.50. The number of amides is 1. The predicted octanol–water partition coefficient (Wildman–Crippen LogP) is 1.91. The summed E-state index contributed by atoms with van der Waals surface area (Å²) in [6.07, 6.45) is 3.55. The summed E-state index contributed by atoms with van der Waals surface area (Å²) in [7, 11) is 0. The Bertz CT molecular complexity index is 1150. The number of nitrogens with one attached hydrogen (secondary N) is 1. The molecule has 2 aliphatic heterocycles. The first-order chi connectivity index (χ1) is 13.4. The molecule has 144 valence electrons. The average Bonchev–Trinajstić information content (AvgIpc) is 3.33. The number of piperazine rings is 1. The van der Waals surface area contributed by atoms with E-state index in [2.05, 4.69) is 35.9 Å². The number of fused-ring (bicyclic) bond motifs is 3. The lowest BCUT2D eigenvalue weighted by molar-refractivity contribution is -0.119. The van der Waals surface area contributed by atoms with Gasteiger partial charge in [-0.15, -0.1) is 5.10 Å². The number of benzene rings is 1. The van der Waals surface area contributed by atoms with Crippen molar-refractivity contribution in [2.45, 2.75) is 32.4 Å². The SMILES string of the molecule is Cc1cc(Br)cc(C)c1-n1cc2c(=O)[nH]c(N3CC4CC3CN4C=O)nc2n1. The number of aromatic amines is 1. The van der Waals surface area contributed by atoms with Gasteiger partial charge in [-0.05, 0) is 43.5 Å². The predicted molar refractivity (Wildman–Crippen MR) is 109 cm³/mol. The van der Waals surface area contributed by atoms with Gasteiger partial charge in [0.05, 0.1) is 17.8 Å². The molecule has 1 amide bonds. The summed E-state index contributed by atoms with van der Waals surface area (Å²) in [5, 5.41) is 5.06. The summed E-state index contributed by atoms with van der Waals surface area (Å²) in [5.74, 6) is 0.532. The van der Waals surface area contributed by atoms with Gasteiger partial charge < -0.3 is 9.80 Å². The molecule has 2 saturated heterocycles. The third kappa shape index (κ3) is 2.56. The molecule has 0 saturated carbocycles. The first kappa shape index (κ1) is 17.4. The first-order valence-electron chi connectivity index (χ1n) is 9.19. The van der Waals surface area contributed by atoms with Crippen molar-refractivity contribution in [3.63, 3.8) is 0 Å². The number of halogens is 1. The molecule has 2 atom stereocenters. The van der Waals surface area contributed by atoms with Crippen LogP contribution in [0.2, 0.25) is 0 Å².